The minimum absolute atomic E-state index is 0.266. The molecule has 0 heterocycles. The van der Waals surface area contributed by atoms with Crippen molar-refractivity contribution in [3.05, 3.63) is 30.1 Å². The van der Waals surface area contributed by atoms with Crippen LogP contribution in [0.3, 0.4) is 0 Å². The van der Waals surface area contributed by atoms with Crippen molar-refractivity contribution in [1.29, 1.82) is 0 Å². The van der Waals surface area contributed by atoms with E-state index in [4.69, 9.17) is 4.74 Å². The molecule has 0 radical (unpaired) electrons. The van der Waals surface area contributed by atoms with Crippen molar-refractivity contribution in [2.24, 2.45) is 0 Å². The Morgan fingerprint density at radius 2 is 2.20 bits per heavy atom. The van der Waals surface area contributed by atoms with Crippen LogP contribution < -0.4 is 5.32 Å². The van der Waals surface area contributed by atoms with Crippen LogP contribution in [0.25, 0.3) is 0 Å². The molecule has 0 amide bonds. The van der Waals surface area contributed by atoms with Gasteiger partial charge >= 0.3 is 5.97 Å². The minimum atomic E-state index is -0.761. The Balaban J connectivity index is 2.71. The summed E-state index contributed by atoms with van der Waals surface area (Å²) in [7, 11) is 0. The Bertz CT molecular complexity index is 442. The van der Waals surface area contributed by atoms with Gasteiger partial charge < -0.3 is 10.1 Å². The van der Waals surface area contributed by atoms with E-state index < -0.39 is 5.54 Å². The van der Waals surface area contributed by atoms with Crippen LogP contribution in [0.1, 0.15) is 27.2 Å². The lowest BCUT2D eigenvalue weighted by atomic mass is 10.1. The van der Waals surface area contributed by atoms with Crippen LogP contribution in [0.4, 0.5) is 4.39 Å². The van der Waals surface area contributed by atoms with E-state index in [0.717, 1.165) is 17.9 Å². The number of esters is 1. The first-order valence-corrected chi connectivity index (χ1v) is 7.81. The van der Waals surface area contributed by atoms with Crippen LogP contribution in [0.15, 0.2) is 29.2 Å². The van der Waals surface area contributed by atoms with Crippen LogP contribution in [0.5, 0.6) is 0 Å². The molecule has 0 spiro atoms. The Kier molecular flexibility index (Phi) is 7.02. The van der Waals surface area contributed by atoms with E-state index in [0.29, 0.717) is 12.4 Å². The standard InChI is InChI=1S/C15H22FNO2S/c1-4-9-17-15(3,14(18)19-5-2)11-20-13-8-6-7-12(16)10-13/h6-8,10,17H,4-5,9,11H2,1-3H3. The molecule has 0 bridgehead atoms. The summed E-state index contributed by atoms with van der Waals surface area (Å²) in [6.07, 6.45) is 0.930. The molecule has 1 unspecified atom stereocenters. The second-order valence-electron chi connectivity index (χ2n) is 4.73. The number of carbonyl (C=O) groups excluding carboxylic acids is 1. The number of ether oxygens (including phenoxy) is 1. The number of thioether (sulfide) groups is 1. The van der Waals surface area contributed by atoms with E-state index in [1.165, 1.54) is 23.9 Å². The van der Waals surface area contributed by atoms with Gasteiger partial charge in [-0.2, -0.15) is 0 Å². The van der Waals surface area contributed by atoms with E-state index in [-0.39, 0.29) is 11.8 Å². The Labute approximate surface area is 124 Å². The fourth-order valence-electron chi connectivity index (χ4n) is 1.66. The number of halogens is 1. The second-order valence-corrected chi connectivity index (χ2v) is 5.77. The average molecular weight is 299 g/mol. The highest BCUT2D eigenvalue weighted by atomic mass is 32.2. The van der Waals surface area contributed by atoms with Crippen LogP contribution in [-0.2, 0) is 9.53 Å². The van der Waals surface area contributed by atoms with Gasteiger partial charge in [-0.05, 0) is 45.0 Å². The van der Waals surface area contributed by atoms with E-state index in [2.05, 4.69) is 5.32 Å². The van der Waals surface area contributed by atoms with Gasteiger partial charge in [0.15, 0.2) is 0 Å². The van der Waals surface area contributed by atoms with Crippen LogP contribution in [0.2, 0.25) is 0 Å². The molecule has 0 aromatic heterocycles. The smallest absolute Gasteiger partial charge is 0.326 e. The van der Waals surface area contributed by atoms with Gasteiger partial charge in [-0.25, -0.2) is 4.39 Å². The Hall–Kier alpha value is -1.07. The van der Waals surface area contributed by atoms with Crippen molar-refractivity contribution >= 4 is 17.7 Å². The molecule has 0 aliphatic heterocycles. The first-order chi connectivity index (χ1) is 9.51. The van der Waals surface area contributed by atoms with Crippen LogP contribution in [0, 0.1) is 5.82 Å². The summed E-state index contributed by atoms with van der Waals surface area (Å²) in [5, 5.41) is 3.23. The second kappa shape index (κ2) is 8.27. The highest BCUT2D eigenvalue weighted by Crippen LogP contribution is 2.24. The van der Waals surface area contributed by atoms with E-state index in [1.807, 2.05) is 19.9 Å². The van der Waals surface area contributed by atoms with Gasteiger partial charge in [0.25, 0.3) is 0 Å². The fourth-order valence-corrected chi connectivity index (χ4v) is 2.70. The van der Waals surface area contributed by atoms with Gasteiger partial charge in [0.05, 0.1) is 6.61 Å². The van der Waals surface area contributed by atoms with E-state index in [1.54, 1.807) is 13.0 Å². The summed E-state index contributed by atoms with van der Waals surface area (Å²) >= 11 is 1.44. The molecule has 1 N–H and O–H groups in total. The molecule has 0 fully saturated rings. The molecule has 0 saturated carbocycles. The first-order valence-electron chi connectivity index (χ1n) is 6.82. The number of nitrogens with one attached hydrogen (secondary N) is 1. The third-order valence-corrected chi connectivity index (χ3v) is 4.12. The van der Waals surface area contributed by atoms with Gasteiger partial charge in [-0.15, -0.1) is 11.8 Å². The van der Waals surface area contributed by atoms with Crippen molar-refractivity contribution in [3.63, 3.8) is 0 Å². The van der Waals surface area contributed by atoms with Gasteiger partial charge in [-0.1, -0.05) is 13.0 Å². The van der Waals surface area contributed by atoms with Crippen molar-refractivity contribution in [3.8, 4) is 0 Å². The fraction of sp³-hybridized carbons (Fsp3) is 0.533. The molecule has 1 aromatic carbocycles. The van der Waals surface area contributed by atoms with Crippen molar-refractivity contribution in [1.82, 2.24) is 5.32 Å². The molecule has 0 aliphatic rings. The number of hydrogen-bond donors (Lipinski definition) is 1. The summed E-state index contributed by atoms with van der Waals surface area (Å²) in [6, 6.07) is 6.37. The number of benzene rings is 1. The minimum Gasteiger partial charge on any atom is -0.465 e. The summed E-state index contributed by atoms with van der Waals surface area (Å²) < 4.78 is 18.3. The summed E-state index contributed by atoms with van der Waals surface area (Å²) in [5.74, 6) is -0.0401. The molecule has 112 valence electrons. The third kappa shape index (κ3) is 5.13. The molecule has 20 heavy (non-hydrogen) atoms. The monoisotopic (exact) mass is 299 g/mol. The molecule has 1 aromatic rings. The van der Waals surface area contributed by atoms with Crippen LogP contribution in [-0.4, -0.2) is 30.4 Å². The van der Waals surface area contributed by atoms with Gasteiger partial charge in [0.1, 0.15) is 11.4 Å². The van der Waals surface area contributed by atoms with E-state index >= 15 is 0 Å². The van der Waals surface area contributed by atoms with Crippen LogP contribution >= 0.6 is 11.8 Å². The lowest BCUT2D eigenvalue weighted by Crippen LogP contribution is -2.52. The third-order valence-electron chi connectivity index (χ3n) is 2.81. The first kappa shape index (κ1) is 17.0. The quantitative estimate of drug-likeness (QED) is 0.591. The zero-order valence-corrected chi connectivity index (χ0v) is 13.1. The lowest BCUT2D eigenvalue weighted by Gasteiger charge is -2.28. The molecular weight excluding hydrogens is 277 g/mol. The highest BCUT2D eigenvalue weighted by Gasteiger charge is 2.34. The molecule has 5 heteroatoms. The summed E-state index contributed by atoms with van der Waals surface area (Å²) in [4.78, 5) is 12.9. The Morgan fingerprint density at radius 3 is 2.80 bits per heavy atom. The van der Waals surface area contributed by atoms with Crippen molar-refractivity contribution in [2.45, 2.75) is 37.6 Å². The van der Waals surface area contributed by atoms with Gasteiger partial charge in [0, 0.05) is 10.6 Å². The SMILES string of the molecule is CCCNC(C)(CSc1cccc(F)c1)C(=O)OCC. The molecule has 3 nitrogen and oxygen atoms in total. The maximum atomic E-state index is 13.1. The van der Waals surface area contributed by atoms with Crippen molar-refractivity contribution < 1.29 is 13.9 Å². The molecule has 0 aliphatic carbocycles. The highest BCUT2D eigenvalue weighted by molar-refractivity contribution is 7.99. The number of carbonyl (C=O) groups is 1. The average Bonchev–Trinajstić information content (AvgIpc) is 2.43. The molecule has 1 rings (SSSR count). The normalized spacial score (nSPS) is 13.8. The lowest BCUT2D eigenvalue weighted by molar-refractivity contribution is -0.149. The zero-order chi connectivity index (χ0) is 15.0. The largest absolute Gasteiger partial charge is 0.465 e. The summed E-state index contributed by atoms with van der Waals surface area (Å²) in [5.41, 5.74) is -0.761. The predicted molar refractivity (Wildman–Crippen MR) is 80.5 cm³/mol. The van der Waals surface area contributed by atoms with E-state index in [9.17, 15) is 9.18 Å². The van der Waals surface area contributed by atoms with Gasteiger partial charge in [0.2, 0.25) is 0 Å². The topological polar surface area (TPSA) is 38.3 Å². The number of rotatable bonds is 8. The van der Waals surface area contributed by atoms with Gasteiger partial charge in [-0.3, -0.25) is 4.79 Å². The maximum Gasteiger partial charge on any atom is 0.326 e. The van der Waals surface area contributed by atoms with Crippen molar-refractivity contribution in [2.75, 3.05) is 18.9 Å². The molecular formula is C15H22FNO2S. The number of hydrogen-bond acceptors (Lipinski definition) is 4. The Morgan fingerprint density at radius 1 is 1.45 bits per heavy atom. The predicted octanol–water partition coefficient (Wildman–Crippen LogP) is 3.24. The zero-order valence-electron chi connectivity index (χ0n) is 12.2. The maximum absolute atomic E-state index is 13.1. The molecule has 0 saturated heterocycles. The summed E-state index contributed by atoms with van der Waals surface area (Å²) in [6.45, 7) is 6.75. The molecule has 1 atom stereocenters.